The van der Waals surface area contributed by atoms with E-state index >= 15 is 0 Å². The maximum atomic E-state index is 12.9. The summed E-state index contributed by atoms with van der Waals surface area (Å²) >= 11 is 0. The van der Waals surface area contributed by atoms with Gasteiger partial charge in [-0.3, -0.25) is 11.3 Å². The maximum Gasteiger partial charge on any atom is 0.159 e. The molecule has 0 aliphatic heterocycles. The first-order chi connectivity index (χ1) is 7.04. The summed E-state index contributed by atoms with van der Waals surface area (Å²) in [6.45, 7) is 5.60. The summed E-state index contributed by atoms with van der Waals surface area (Å²) < 4.78 is 25.6. The summed E-state index contributed by atoms with van der Waals surface area (Å²) in [5, 5.41) is 0. The van der Waals surface area contributed by atoms with Gasteiger partial charge in [0, 0.05) is 6.04 Å². The average Bonchev–Trinajstić information content (AvgIpc) is 2.18. The summed E-state index contributed by atoms with van der Waals surface area (Å²) in [7, 11) is 0. The van der Waals surface area contributed by atoms with Crippen molar-refractivity contribution < 1.29 is 8.78 Å². The fourth-order valence-electron chi connectivity index (χ4n) is 1.35. The first kappa shape index (κ1) is 11.8. The number of benzene rings is 1. The highest BCUT2D eigenvalue weighted by molar-refractivity contribution is 5.22. The van der Waals surface area contributed by atoms with Gasteiger partial charge in [0.1, 0.15) is 0 Å². The van der Waals surface area contributed by atoms with Crippen LogP contribution in [0, 0.1) is 11.6 Å². The van der Waals surface area contributed by atoms with Crippen molar-refractivity contribution >= 4 is 0 Å². The average molecular weight is 212 g/mol. The molecule has 0 heterocycles. The summed E-state index contributed by atoms with van der Waals surface area (Å²) in [6.07, 6.45) is 0.585. The van der Waals surface area contributed by atoms with Crippen LogP contribution in [0.2, 0.25) is 0 Å². The molecule has 0 fully saturated rings. The molecule has 82 valence electrons. The van der Waals surface area contributed by atoms with E-state index in [4.69, 9.17) is 5.84 Å². The minimum Gasteiger partial charge on any atom is -0.271 e. The third-order valence-electron chi connectivity index (χ3n) is 2.10. The molecular weight excluding hydrogens is 198 g/mol. The Morgan fingerprint density at radius 3 is 2.60 bits per heavy atom. The number of nitrogens with one attached hydrogen (secondary N) is 1. The molecule has 15 heavy (non-hydrogen) atoms. The molecule has 0 saturated heterocycles. The van der Waals surface area contributed by atoms with Crippen molar-refractivity contribution in [1.29, 1.82) is 0 Å². The quantitative estimate of drug-likeness (QED) is 0.457. The molecule has 0 spiro atoms. The predicted octanol–water partition coefficient (Wildman–Crippen LogP) is 2.44. The molecule has 0 amide bonds. The van der Waals surface area contributed by atoms with E-state index in [0.717, 1.165) is 17.7 Å². The summed E-state index contributed by atoms with van der Waals surface area (Å²) in [4.78, 5) is 0. The lowest BCUT2D eigenvalue weighted by Crippen LogP contribution is -2.28. The van der Waals surface area contributed by atoms with Crippen LogP contribution in [-0.4, -0.2) is 0 Å². The predicted molar refractivity (Wildman–Crippen MR) is 55.9 cm³/mol. The van der Waals surface area contributed by atoms with Gasteiger partial charge in [-0.1, -0.05) is 11.6 Å². The van der Waals surface area contributed by atoms with Gasteiger partial charge < -0.3 is 0 Å². The Kier molecular flexibility index (Phi) is 3.94. The van der Waals surface area contributed by atoms with Gasteiger partial charge >= 0.3 is 0 Å². The van der Waals surface area contributed by atoms with E-state index in [0.29, 0.717) is 12.0 Å². The Labute approximate surface area is 87.8 Å². The second-order valence-electron chi connectivity index (χ2n) is 3.55. The largest absolute Gasteiger partial charge is 0.271 e. The number of hydrogen-bond donors (Lipinski definition) is 2. The zero-order valence-corrected chi connectivity index (χ0v) is 8.56. The van der Waals surface area contributed by atoms with Gasteiger partial charge in [0.25, 0.3) is 0 Å². The Morgan fingerprint density at radius 1 is 1.47 bits per heavy atom. The minimum absolute atomic E-state index is 0.238. The van der Waals surface area contributed by atoms with Crippen molar-refractivity contribution in [1.82, 2.24) is 5.43 Å². The monoisotopic (exact) mass is 212 g/mol. The normalized spacial score (nSPS) is 12.5. The van der Waals surface area contributed by atoms with Gasteiger partial charge in [0.05, 0.1) is 0 Å². The molecule has 1 rings (SSSR count). The van der Waals surface area contributed by atoms with Crippen LogP contribution in [0.5, 0.6) is 0 Å². The van der Waals surface area contributed by atoms with Crippen LogP contribution in [0.25, 0.3) is 0 Å². The van der Waals surface area contributed by atoms with Crippen molar-refractivity contribution in [2.45, 2.75) is 19.4 Å². The van der Waals surface area contributed by atoms with Crippen molar-refractivity contribution in [2.75, 3.05) is 0 Å². The van der Waals surface area contributed by atoms with Crippen LogP contribution in [0.4, 0.5) is 8.78 Å². The van der Waals surface area contributed by atoms with E-state index in [2.05, 4.69) is 12.0 Å². The lowest BCUT2D eigenvalue weighted by Gasteiger charge is -2.16. The smallest absolute Gasteiger partial charge is 0.159 e. The van der Waals surface area contributed by atoms with E-state index in [9.17, 15) is 8.78 Å². The molecule has 2 nitrogen and oxygen atoms in total. The third-order valence-corrected chi connectivity index (χ3v) is 2.10. The van der Waals surface area contributed by atoms with Crippen LogP contribution in [0.1, 0.15) is 24.9 Å². The number of hydrogen-bond acceptors (Lipinski definition) is 2. The van der Waals surface area contributed by atoms with E-state index in [1.165, 1.54) is 6.07 Å². The van der Waals surface area contributed by atoms with E-state index in [1.807, 2.05) is 6.92 Å². The molecule has 4 heteroatoms. The van der Waals surface area contributed by atoms with Crippen molar-refractivity contribution in [3.8, 4) is 0 Å². The molecule has 0 aromatic heterocycles. The first-order valence-electron chi connectivity index (χ1n) is 4.60. The van der Waals surface area contributed by atoms with Crippen LogP contribution in [0.15, 0.2) is 30.4 Å². The molecule has 0 aliphatic rings. The molecule has 3 N–H and O–H groups in total. The van der Waals surface area contributed by atoms with Gasteiger partial charge in [-0.15, -0.1) is 6.58 Å². The molecule has 1 aromatic rings. The van der Waals surface area contributed by atoms with Crippen LogP contribution < -0.4 is 11.3 Å². The molecule has 0 bridgehead atoms. The first-order valence-corrected chi connectivity index (χ1v) is 4.60. The second-order valence-corrected chi connectivity index (χ2v) is 3.55. The summed E-state index contributed by atoms with van der Waals surface area (Å²) in [6, 6.07) is 3.50. The van der Waals surface area contributed by atoms with Crippen LogP contribution >= 0.6 is 0 Å². The Balaban J connectivity index is 2.92. The molecule has 1 atom stereocenters. The van der Waals surface area contributed by atoms with Gasteiger partial charge in [-0.05, 0) is 31.0 Å². The van der Waals surface area contributed by atoms with E-state index in [-0.39, 0.29) is 6.04 Å². The third kappa shape index (κ3) is 3.11. The highest BCUT2D eigenvalue weighted by Gasteiger charge is 2.12. The van der Waals surface area contributed by atoms with E-state index in [1.54, 1.807) is 0 Å². The molecular formula is C11H14F2N2. The van der Waals surface area contributed by atoms with Gasteiger partial charge in [-0.25, -0.2) is 8.78 Å². The van der Waals surface area contributed by atoms with Crippen LogP contribution in [-0.2, 0) is 0 Å². The van der Waals surface area contributed by atoms with Crippen molar-refractivity contribution in [3.05, 3.63) is 47.5 Å². The fraction of sp³-hybridized carbons (Fsp3) is 0.273. The number of hydrazine groups is 1. The molecule has 1 aromatic carbocycles. The summed E-state index contributed by atoms with van der Waals surface area (Å²) in [5.41, 5.74) is 4.08. The standard InChI is InChI=1S/C11H14F2N2/c1-7(2)5-11(15-14)8-3-4-9(12)10(13)6-8/h3-4,6,11,15H,1,5,14H2,2H3. The van der Waals surface area contributed by atoms with Gasteiger partial charge in [0.2, 0.25) is 0 Å². The zero-order chi connectivity index (χ0) is 11.4. The summed E-state index contributed by atoms with van der Waals surface area (Å²) in [5.74, 6) is 3.61. The second kappa shape index (κ2) is 5.00. The topological polar surface area (TPSA) is 38.0 Å². The Morgan fingerprint density at radius 2 is 2.13 bits per heavy atom. The SMILES string of the molecule is C=C(C)CC(NN)c1ccc(F)c(F)c1. The Hall–Kier alpha value is -1.26. The number of halogens is 2. The van der Waals surface area contributed by atoms with Crippen molar-refractivity contribution in [3.63, 3.8) is 0 Å². The molecule has 0 aliphatic carbocycles. The zero-order valence-electron chi connectivity index (χ0n) is 8.56. The molecule has 0 radical (unpaired) electrons. The van der Waals surface area contributed by atoms with Crippen LogP contribution in [0.3, 0.4) is 0 Å². The van der Waals surface area contributed by atoms with Gasteiger partial charge in [-0.2, -0.15) is 0 Å². The molecule has 1 unspecified atom stereocenters. The maximum absolute atomic E-state index is 12.9. The lowest BCUT2D eigenvalue weighted by molar-refractivity contribution is 0.497. The minimum atomic E-state index is -0.866. The lowest BCUT2D eigenvalue weighted by atomic mass is 10.0. The number of nitrogens with two attached hydrogens (primary N) is 1. The molecule has 0 saturated carbocycles. The van der Waals surface area contributed by atoms with Crippen molar-refractivity contribution in [2.24, 2.45) is 5.84 Å². The highest BCUT2D eigenvalue weighted by Crippen LogP contribution is 2.21. The number of rotatable bonds is 4. The highest BCUT2D eigenvalue weighted by atomic mass is 19.2. The van der Waals surface area contributed by atoms with Gasteiger partial charge in [0.15, 0.2) is 11.6 Å². The van der Waals surface area contributed by atoms with E-state index < -0.39 is 11.6 Å². The Bertz CT molecular complexity index is 364. The fourth-order valence-corrected chi connectivity index (χ4v) is 1.35.